The van der Waals surface area contributed by atoms with E-state index in [0.29, 0.717) is 11.8 Å². The smallest absolute Gasteiger partial charge is 0.315 e. The van der Waals surface area contributed by atoms with Crippen LogP contribution in [0, 0.1) is 17.8 Å². The molecule has 0 bridgehead atoms. The normalized spacial score (nSPS) is 31.8. The first kappa shape index (κ1) is 13.0. The fourth-order valence-corrected chi connectivity index (χ4v) is 2.30. The number of rotatable bonds is 3. The van der Waals surface area contributed by atoms with Crippen molar-refractivity contribution >= 4 is 11.9 Å². The van der Waals surface area contributed by atoms with Crippen LogP contribution >= 0.6 is 0 Å². The number of nitrogens with one attached hydrogen (secondary N) is 1. The maximum Gasteiger partial charge on any atom is 0.315 e. The number of aliphatic carboxylic acids is 1. The van der Waals surface area contributed by atoms with Crippen molar-refractivity contribution in [2.75, 3.05) is 0 Å². The molecule has 4 atom stereocenters. The summed E-state index contributed by atoms with van der Waals surface area (Å²) in [6.07, 6.45) is 3.17. The molecule has 4 unspecified atom stereocenters. The lowest BCUT2D eigenvalue weighted by Crippen LogP contribution is -2.45. The van der Waals surface area contributed by atoms with E-state index in [2.05, 4.69) is 19.2 Å². The summed E-state index contributed by atoms with van der Waals surface area (Å²) in [5, 5.41) is 11.6. The molecule has 0 aromatic rings. The number of carboxylic acids is 1. The molecule has 1 aliphatic carbocycles. The van der Waals surface area contributed by atoms with E-state index in [0.717, 1.165) is 19.3 Å². The van der Waals surface area contributed by atoms with Gasteiger partial charge in [0.1, 0.15) is 5.92 Å². The molecule has 0 radical (unpaired) electrons. The summed E-state index contributed by atoms with van der Waals surface area (Å²) in [6, 6.07) is 0.144. The largest absolute Gasteiger partial charge is 0.481 e. The molecule has 0 aromatic carbocycles. The van der Waals surface area contributed by atoms with Crippen LogP contribution in [0.1, 0.15) is 40.0 Å². The molecule has 1 fully saturated rings. The van der Waals surface area contributed by atoms with E-state index >= 15 is 0 Å². The van der Waals surface area contributed by atoms with Gasteiger partial charge in [-0.1, -0.05) is 13.8 Å². The molecule has 1 saturated carbocycles. The molecule has 16 heavy (non-hydrogen) atoms. The molecule has 1 amide bonds. The van der Waals surface area contributed by atoms with Crippen LogP contribution in [-0.2, 0) is 9.59 Å². The average Bonchev–Trinajstić information content (AvgIpc) is 2.20. The van der Waals surface area contributed by atoms with Crippen molar-refractivity contribution in [1.29, 1.82) is 0 Å². The van der Waals surface area contributed by atoms with Gasteiger partial charge in [-0.3, -0.25) is 9.59 Å². The minimum Gasteiger partial charge on any atom is -0.481 e. The van der Waals surface area contributed by atoms with Crippen molar-refractivity contribution < 1.29 is 14.7 Å². The van der Waals surface area contributed by atoms with Crippen molar-refractivity contribution in [2.24, 2.45) is 17.8 Å². The third kappa shape index (κ3) is 3.22. The van der Waals surface area contributed by atoms with Gasteiger partial charge in [-0.2, -0.15) is 0 Å². The lowest BCUT2D eigenvalue weighted by Gasteiger charge is -2.33. The van der Waals surface area contributed by atoms with E-state index in [1.54, 1.807) is 0 Å². The molecule has 1 aliphatic rings. The maximum atomic E-state index is 11.6. The van der Waals surface area contributed by atoms with Gasteiger partial charge in [0.15, 0.2) is 0 Å². The zero-order valence-corrected chi connectivity index (χ0v) is 10.2. The first-order chi connectivity index (χ1) is 7.41. The Morgan fingerprint density at radius 2 is 1.94 bits per heavy atom. The summed E-state index contributed by atoms with van der Waals surface area (Å²) < 4.78 is 0. The second kappa shape index (κ2) is 5.32. The molecule has 0 heterocycles. The Hall–Kier alpha value is -1.06. The molecule has 1 rings (SSSR count). The highest BCUT2D eigenvalue weighted by Crippen LogP contribution is 2.28. The van der Waals surface area contributed by atoms with Crippen LogP contribution < -0.4 is 5.32 Å². The van der Waals surface area contributed by atoms with Crippen molar-refractivity contribution in [3.63, 3.8) is 0 Å². The molecule has 0 spiro atoms. The molecule has 92 valence electrons. The minimum atomic E-state index is -1.06. The Kier molecular flexibility index (Phi) is 4.33. The van der Waals surface area contributed by atoms with Crippen molar-refractivity contribution in [3.05, 3.63) is 0 Å². The van der Waals surface area contributed by atoms with Crippen LogP contribution in [0.3, 0.4) is 0 Å². The van der Waals surface area contributed by atoms with Crippen LogP contribution in [-0.4, -0.2) is 23.0 Å². The molecule has 0 aliphatic heterocycles. The summed E-state index contributed by atoms with van der Waals surface area (Å²) >= 11 is 0. The molecule has 4 heteroatoms. The van der Waals surface area contributed by atoms with Gasteiger partial charge in [0, 0.05) is 6.04 Å². The summed E-state index contributed by atoms with van der Waals surface area (Å²) in [5.74, 6) is -1.23. The summed E-state index contributed by atoms with van der Waals surface area (Å²) in [5.41, 5.74) is 0. The van der Waals surface area contributed by atoms with Crippen molar-refractivity contribution in [3.8, 4) is 0 Å². The highest BCUT2D eigenvalue weighted by Gasteiger charge is 2.29. The molecule has 4 nitrogen and oxygen atoms in total. The van der Waals surface area contributed by atoms with E-state index in [4.69, 9.17) is 5.11 Å². The van der Waals surface area contributed by atoms with Crippen LogP contribution in [0.2, 0.25) is 0 Å². The number of hydrogen-bond donors (Lipinski definition) is 2. The van der Waals surface area contributed by atoms with Crippen LogP contribution in [0.25, 0.3) is 0 Å². The third-order valence-corrected chi connectivity index (χ3v) is 3.52. The second-order valence-corrected chi connectivity index (χ2v) is 5.07. The number of carbonyl (C=O) groups excluding carboxylic acids is 1. The standard InChI is InChI=1S/C12H21NO3/c1-7-4-5-10(8(2)6-7)13-11(14)9(3)12(15)16/h7-10H,4-6H2,1-3H3,(H,13,14)(H,15,16). The first-order valence-electron chi connectivity index (χ1n) is 5.95. The number of amides is 1. The zero-order valence-electron chi connectivity index (χ0n) is 10.2. The van der Waals surface area contributed by atoms with Crippen LogP contribution in [0.4, 0.5) is 0 Å². The fourth-order valence-electron chi connectivity index (χ4n) is 2.30. The molecule has 0 aromatic heterocycles. The predicted octanol–water partition coefficient (Wildman–Crippen LogP) is 1.65. The van der Waals surface area contributed by atoms with Crippen molar-refractivity contribution in [1.82, 2.24) is 5.32 Å². The van der Waals surface area contributed by atoms with Gasteiger partial charge < -0.3 is 10.4 Å². The Balaban J connectivity index is 2.48. The highest BCUT2D eigenvalue weighted by atomic mass is 16.4. The Morgan fingerprint density at radius 3 is 2.44 bits per heavy atom. The van der Waals surface area contributed by atoms with Crippen LogP contribution in [0.15, 0.2) is 0 Å². The highest BCUT2D eigenvalue weighted by molar-refractivity contribution is 5.96. The lowest BCUT2D eigenvalue weighted by molar-refractivity contribution is -0.146. The van der Waals surface area contributed by atoms with Gasteiger partial charge in [-0.05, 0) is 38.0 Å². The first-order valence-corrected chi connectivity index (χ1v) is 5.95. The van der Waals surface area contributed by atoms with E-state index in [1.807, 2.05) is 0 Å². The fraction of sp³-hybridized carbons (Fsp3) is 0.833. The third-order valence-electron chi connectivity index (χ3n) is 3.52. The Morgan fingerprint density at radius 1 is 1.31 bits per heavy atom. The minimum absolute atomic E-state index is 0.144. The topological polar surface area (TPSA) is 66.4 Å². The predicted molar refractivity (Wildman–Crippen MR) is 60.9 cm³/mol. The average molecular weight is 227 g/mol. The van der Waals surface area contributed by atoms with E-state index in [9.17, 15) is 9.59 Å². The molecule has 2 N–H and O–H groups in total. The van der Waals surface area contributed by atoms with Crippen LogP contribution in [0.5, 0.6) is 0 Å². The summed E-state index contributed by atoms with van der Waals surface area (Å²) in [7, 11) is 0. The van der Waals surface area contributed by atoms with E-state index < -0.39 is 11.9 Å². The van der Waals surface area contributed by atoms with E-state index in [1.165, 1.54) is 6.92 Å². The quantitative estimate of drug-likeness (QED) is 0.720. The molecular weight excluding hydrogens is 206 g/mol. The number of hydrogen-bond acceptors (Lipinski definition) is 2. The lowest BCUT2D eigenvalue weighted by atomic mass is 9.80. The Bertz CT molecular complexity index is 277. The van der Waals surface area contributed by atoms with Crippen molar-refractivity contribution in [2.45, 2.75) is 46.1 Å². The van der Waals surface area contributed by atoms with Gasteiger partial charge >= 0.3 is 5.97 Å². The Labute approximate surface area is 96.4 Å². The zero-order chi connectivity index (χ0) is 12.3. The monoisotopic (exact) mass is 227 g/mol. The molecule has 0 saturated heterocycles. The summed E-state index contributed by atoms with van der Waals surface area (Å²) in [4.78, 5) is 22.2. The SMILES string of the molecule is CC1CCC(NC(=O)C(C)C(=O)O)C(C)C1. The van der Waals surface area contributed by atoms with Gasteiger partial charge in [0.2, 0.25) is 5.91 Å². The number of carboxylic acid groups (broad SMARTS) is 1. The van der Waals surface area contributed by atoms with Gasteiger partial charge in [-0.15, -0.1) is 0 Å². The maximum absolute atomic E-state index is 11.6. The van der Waals surface area contributed by atoms with Gasteiger partial charge in [0.25, 0.3) is 0 Å². The van der Waals surface area contributed by atoms with E-state index in [-0.39, 0.29) is 11.9 Å². The number of carbonyl (C=O) groups is 2. The van der Waals surface area contributed by atoms with Gasteiger partial charge in [0.05, 0.1) is 0 Å². The second-order valence-electron chi connectivity index (χ2n) is 5.07. The molecular formula is C12H21NO3. The summed E-state index contributed by atoms with van der Waals surface area (Å²) in [6.45, 7) is 5.76. The van der Waals surface area contributed by atoms with Gasteiger partial charge in [-0.25, -0.2) is 0 Å².